The fraction of sp³-hybridized carbons (Fsp3) is 0.273. The van der Waals surface area contributed by atoms with E-state index in [4.69, 9.17) is 20.9 Å². The number of carbonyl (C=O) groups excluding carboxylic acids is 2. The minimum atomic E-state index is -1.07. The van der Waals surface area contributed by atoms with Crippen LogP contribution in [-0.2, 0) is 4.79 Å². The van der Waals surface area contributed by atoms with Gasteiger partial charge < -0.3 is 20.9 Å². The third kappa shape index (κ3) is 3.42. The first-order valence-corrected chi connectivity index (χ1v) is 5.40. The maximum atomic E-state index is 10.8. The fourth-order valence-corrected chi connectivity index (χ4v) is 1.35. The lowest BCUT2D eigenvalue weighted by Crippen LogP contribution is -2.41. The van der Waals surface area contributed by atoms with Gasteiger partial charge in [-0.3, -0.25) is 19.7 Å². The van der Waals surface area contributed by atoms with E-state index in [1.807, 2.05) is 0 Å². The highest BCUT2D eigenvalue weighted by Gasteiger charge is 2.20. The van der Waals surface area contributed by atoms with Crippen molar-refractivity contribution in [1.82, 2.24) is 0 Å². The van der Waals surface area contributed by atoms with E-state index in [0.29, 0.717) is 6.29 Å². The van der Waals surface area contributed by atoms with Crippen molar-refractivity contribution in [3.05, 3.63) is 27.8 Å². The van der Waals surface area contributed by atoms with E-state index in [0.717, 1.165) is 12.1 Å². The molecule has 1 aromatic carbocycles. The second kappa shape index (κ2) is 6.48. The molecule has 9 heteroatoms. The quantitative estimate of drug-likeness (QED) is 0.393. The monoisotopic (exact) mass is 283 g/mol. The van der Waals surface area contributed by atoms with Crippen LogP contribution in [0.5, 0.6) is 11.5 Å². The molecule has 0 saturated carbocycles. The van der Waals surface area contributed by atoms with Gasteiger partial charge in [0.05, 0.1) is 23.7 Å². The molecule has 0 heterocycles. The summed E-state index contributed by atoms with van der Waals surface area (Å²) in [5.41, 5.74) is 9.75. The molecule has 9 nitrogen and oxygen atoms in total. The van der Waals surface area contributed by atoms with Gasteiger partial charge in [0.25, 0.3) is 5.69 Å². The first-order chi connectivity index (χ1) is 9.40. The topological polar surface area (TPSA) is 148 Å². The van der Waals surface area contributed by atoms with Crippen LogP contribution in [0.2, 0.25) is 0 Å². The standard InChI is InChI=1S/C11H13N3O6/c1-19-9-2-6(4-15)8(14(17)18)3-10(9)20-5-7(12)11(13)16/h2-4,7H,5,12H2,1H3,(H2,13,16). The Bertz CT molecular complexity index is 545. The predicted octanol–water partition coefficient (Wildman–Crippen LogP) is -0.393. The van der Waals surface area contributed by atoms with Crippen molar-refractivity contribution in [2.24, 2.45) is 11.5 Å². The van der Waals surface area contributed by atoms with E-state index in [1.165, 1.54) is 7.11 Å². The Kier molecular flexibility index (Phi) is 4.98. The summed E-state index contributed by atoms with van der Waals surface area (Å²) in [6, 6.07) is 1.12. The highest BCUT2D eigenvalue weighted by atomic mass is 16.6. The number of hydrogen-bond acceptors (Lipinski definition) is 7. The van der Waals surface area contributed by atoms with E-state index in [-0.39, 0.29) is 23.7 Å². The normalized spacial score (nSPS) is 11.5. The Balaban J connectivity index is 3.11. The molecule has 0 aromatic heterocycles. The number of hydrogen-bond donors (Lipinski definition) is 2. The van der Waals surface area contributed by atoms with Crippen LogP contribution in [0, 0.1) is 10.1 Å². The maximum absolute atomic E-state index is 10.8. The van der Waals surface area contributed by atoms with E-state index >= 15 is 0 Å². The lowest BCUT2D eigenvalue weighted by molar-refractivity contribution is -0.385. The number of methoxy groups -OCH3 is 1. The minimum absolute atomic E-state index is 0.0125. The molecule has 0 aliphatic rings. The van der Waals surface area contributed by atoms with Crippen molar-refractivity contribution >= 4 is 17.9 Å². The van der Waals surface area contributed by atoms with Gasteiger partial charge in [-0.1, -0.05) is 0 Å². The summed E-state index contributed by atoms with van der Waals surface area (Å²) in [7, 11) is 1.30. The minimum Gasteiger partial charge on any atom is -0.493 e. The lowest BCUT2D eigenvalue weighted by atomic mass is 10.1. The van der Waals surface area contributed by atoms with Gasteiger partial charge in [-0.2, -0.15) is 0 Å². The molecular weight excluding hydrogens is 270 g/mol. The van der Waals surface area contributed by atoms with Gasteiger partial charge in [-0.25, -0.2) is 0 Å². The number of nitro groups is 1. The van der Waals surface area contributed by atoms with Gasteiger partial charge in [-0.15, -0.1) is 0 Å². The molecule has 0 aliphatic carbocycles. The molecule has 4 N–H and O–H groups in total. The van der Waals surface area contributed by atoms with Crippen molar-refractivity contribution < 1.29 is 24.0 Å². The van der Waals surface area contributed by atoms with E-state index < -0.39 is 22.6 Å². The second-order valence-corrected chi connectivity index (χ2v) is 3.76. The Hall–Kier alpha value is -2.68. The maximum Gasteiger partial charge on any atom is 0.283 e. The van der Waals surface area contributed by atoms with Crippen molar-refractivity contribution in [2.45, 2.75) is 6.04 Å². The molecule has 0 radical (unpaired) electrons. The van der Waals surface area contributed by atoms with Crippen LogP contribution in [0.25, 0.3) is 0 Å². The highest BCUT2D eigenvalue weighted by molar-refractivity contribution is 5.83. The summed E-state index contributed by atoms with van der Waals surface area (Å²) >= 11 is 0. The summed E-state index contributed by atoms with van der Waals surface area (Å²) in [5, 5.41) is 10.8. The number of nitro benzene ring substituents is 1. The van der Waals surface area contributed by atoms with Gasteiger partial charge in [-0.05, 0) is 0 Å². The summed E-state index contributed by atoms with van der Waals surface area (Å²) in [4.78, 5) is 31.7. The molecule has 1 aromatic rings. The molecule has 0 saturated heterocycles. The summed E-state index contributed by atoms with van der Waals surface area (Å²) in [5.74, 6) is -0.682. The van der Waals surface area contributed by atoms with Crippen LogP contribution in [0.4, 0.5) is 5.69 Å². The van der Waals surface area contributed by atoms with Gasteiger partial charge in [0.2, 0.25) is 5.91 Å². The Labute approximate surface area is 113 Å². The van der Waals surface area contributed by atoms with Crippen LogP contribution < -0.4 is 20.9 Å². The van der Waals surface area contributed by atoms with E-state index in [9.17, 15) is 19.7 Å². The number of nitrogens with two attached hydrogens (primary N) is 2. The smallest absolute Gasteiger partial charge is 0.283 e. The molecule has 0 fully saturated rings. The zero-order valence-electron chi connectivity index (χ0n) is 10.6. The zero-order chi connectivity index (χ0) is 15.3. The van der Waals surface area contributed by atoms with Crippen molar-refractivity contribution in [2.75, 3.05) is 13.7 Å². The van der Waals surface area contributed by atoms with Gasteiger partial charge in [0.1, 0.15) is 12.6 Å². The summed E-state index contributed by atoms with van der Waals surface area (Å²) in [6.45, 7) is -0.275. The number of carbonyl (C=O) groups is 2. The molecule has 1 rings (SSSR count). The Morgan fingerprint density at radius 2 is 2.15 bits per heavy atom. The summed E-state index contributed by atoms with van der Waals surface area (Å²) in [6.07, 6.45) is 0.333. The third-order valence-electron chi connectivity index (χ3n) is 2.42. The molecule has 0 aliphatic heterocycles. The largest absolute Gasteiger partial charge is 0.493 e. The lowest BCUT2D eigenvalue weighted by Gasteiger charge is -2.13. The fourth-order valence-electron chi connectivity index (χ4n) is 1.35. The van der Waals surface area contributed by atoms with E-state index in [2.05, 4.69) is 0 Å². The molecule has 1 atom stereocenters. The van der Waals surface area contributed by atoms with Crippen LogP contribution >= 0.6 is 0 Å². The molecule has 1 unspecified atom stereocenters. The van der Waals surface area contributed by atoms with E-state index in [1.54, 1.807) is 0 Å². The van der Waals surface area contributed by atoms with Crippen molar-refractivity contribution in [1.29, 1.82) is 0 Å². The Morgan fingerprint density at radius 1 is 1.50 bits per heavy atom. The molecule has 20 heavy (non-hydrogen) atoms. The van der Waals surface area contributed by atoms with Crippen LogP contribution in [-0.4, -0.2) is 36.9 Å². The van der Waals surface area contributed by atoms with Crippen LogP contribution in [0.1, 0.15) is 10.4 Å². The number of ether oxygens (including phenoxy) is 2. The molecule has 1 amide bonds. The van der Waals surface area contributed by atoms with Crippen LogP contribution in [0.3, 0.4) is 0 Å². The average molecular weight is 283 g/mol. The zero-order valence-corrected chi connectivity index (χ0v) is 10.6. The Morgan fingerprint density at radius 3 is 2.60 bits per heavy atom. The predicted molar refractivity (Wildman–Crippen MR) is 67.7 cm³/mol. The average Bonchev–Trinajstić information content (AvgIpc) is 2.43. The highest BCUT2D eigenvalue weighted by Crippen LogP contribution is 2.33. The summed E-state index contributed by atoms with van der Waals surface area (Å²) < 4.78 is 10.1. The number of amides is 1. The molecule has 0 bridgehead atoms. The SMILES string of the molecule is COc1cc(C=O)c([N+](=O)[O-])cc1OCC(N)C(N)=O. The molecule has 108 valence electrons. The van der Waals surface area contributed by atoms with Crippen LogP contribution in [0.15, 0.2) is 12.1 Å². The number of primary amides is 1. The number of aldehydes is 1. The third-order valence-corrected chi connectivity index (χ3v) is 2.42. The van der Waals surface area contributed by atoms with Crippen molar-refractivity contribution in [3.8, 4) is 11.5 Å². The number of benzene rings is 1. The first-order valence-electron chi connectivity index (χ1n) is 5.40. The molecular formula is C11H13N3O6. The number of nitrogens with zero attached hydrogens (tertiary/aromatic N) is 1. The van der Waals surface area contributed by atoms with Gasteiger partial charge in [0, 0.05) is 6.07 Å². The first kappa shape index (κ1) is 15.4. The van der Waals surface area contributed by atoms with Gasteiger partial charge in [0.15, 0.2) is 17.8 Å². The van der Waals surface area contributed by atoms with Gasteiger partial charge >= 0.3 is 0 Å². The van der Waals surface area contributed by atoms with Crippen molar-refractivity contribution in [3.63, 3.8) is 0 Å². The molecule has 0 spiro atoms. The second-order valence-electron chi connectivity index (χ2n) is 3.76. The number of rotatable bonds is 7.